The Kier molecular flexibility index (Phi) is 4.75. The first-order valence-corrected chi connectivity index (χ1v) is 5.69. The van der Waals surface area contributed by atoms with Crippen molar-refractivity contribution in [2.24, 2.45) is 0 Å². The molecule has 0 aliphatic carbocycles. The van der Waals surface area contributed by atoms with Gasteiger partial charge in [-0.3, -0.25) is 10.1 Å². The molecule has 6 heteroatoms. The lowest BCUT2D eigenvalue weighted by Gasteiger charge is -2.11. The van der Waals surface area contributed by atoms with Gasteiger partial charge in [-0.2, -0.15) is 0 Å². The minimum Gasteiger partial charge on any atom is -0.376 e. The molecule has 5 nitrogen and oxygen atoms in total. The van der Waals surface area contributed by atoms with Crippen molar-refractivity contribution in [3.8, 4) is 0 Å². The van der Waals surface area contributed by atoms with Crippen LogP contribution < -0.4 is 5.32 Å². The molecule has 1 heterocycles. The molecule has 0 spiro atoms. The molecule has 0 aromatic heterocycles. The van der Waals surface area contributed by atoms with Gasteiger partial charge in [-0.15, -0.1) is 11.8 Å². The highest BCUT2D eigenvalue weighted by Gasteiger charge is 2.15. The van der Waals surface area contributed by atoms with E-state index in [4.69, 9.17) is 4.74 Å². The maximum absolute atomic E-state index is 10.2. The van der Waals surface area contributed by atoms with Crippen molar-refractivity contribution in [1.29, 1.82) is 0 Å². The summed E-state index contributed by atoms with van der Waals surface area (Å²) < 4.78 is 5.38. The van der Waals surface area contributed by atoms with Crippen LogP contribution in [0.4, 0.5) is 0 Å². The van der Waals surface area contributed by atoms with E-state index in [1.807, 2.05) is 0 Å². The first-order valence-electron chi connectivity index (χ1n) is 4.47. The molecular formula is C8H14N2O3S. The molecule has 1 aliphatic rings. The van der Waals surface area contributed by atoms with Crippen molar-refractivity contribution in [2.45, 2.75) is 18.9 Å². The largest absolute Gasteiger partial charge is 0.376 e. The van der Waals surface area contributed by atoms with E-state index in [9.17, 15) is 10.1 Å². The van der Waals surface area contributed by atoms with Crippen LogP contribution in [0, 0.1) is 10.1 Å². The van der Waals surface area contributed by atoms with Crippen molar-refractivity contribution in [3.63, 3.8) is 0 Å². The molecule has 0 radical (unpaired) electrons. The van der Waals surface area contributed by atoms with E-state index in [0.29, 0.717) is 11.6 Å². The summed E-state index contributed by atoms with van der Waals surface area (Å²) in [5.41, 5.74) is 0. The third kappa shape index (κ3) is 3.97. The highest BCUT2D eigenvalue weighted by Crippen LogP contribution is 2.13. The van der Waals surface area contributed by atoms with Gasteiger partial charge < -0.3 is 10.1 Å². The normalized spacial score (nSPS) is 22.4. The van der Waals surface area contributed by atoms with E-state index in [1.165, 1.54) is 11.8 Å². The zero-order valence-corrected chi connectivity index (χ0v) is 8.88. The molecule has 1 atom stereocenters. The third-order valence-electron chi connectivity index (χ3n) is 1.97. The Balaban J connectivity index is 2.29. The van der Waals surface area contributed by atoms with Crippen LogP contribution in [0.1, 0.15) is 12.8 Å². The number of hydrogen-bond donors (Lipinski definition) is 1. The molecule has 1 N–H and O–H groups in total. The zero-order chi connectivity index (χ0) is 10.4. The molecule has 0 bridgehead atoms. The predicted molar refractivity (Wildman–Crippen MR) is 55.6 cm³/mol. The monoisotopic (exact) mass is 218 g/mol. The summed E-state index contributed by atoms with van der Waals surface area (Å²) in [7, 11) is 0. The number of thioether (sulfide) groups is 1. The molecule has 1 rings (SSSR count). The van der Waals surface area contributed by atoms with Crippen LogP contribution in [0.3, 0.4) is 0 Å². The smallest absolute Gasteiger partial charge is 0.263 e. The number of ether oxygens (including phenoxy) is 1. The van der Waals surface area contributed by atoms with Gasteiger partial charge in [0.2, 0.25) is 0 Å². The van der Waals surface area contributed by atoms with Crippen LogP contribution >= 0.6 is 11.8 Å². The van der Waals surface area contributed by atoms with Gasteiger partial charge in [0.05, 0.1) is 11.0 Å². The van der Waals surface area contributed by atoms with E-state index in [1.54, 1.807) is 6.26 Å². The van der Waals surface area contributed by atoms with Crippen molar-refractivity contribution in [2.75, 3.05) is 19.4 Å². The van der Waals surface area contributed by atoms with Crippen LogP contribution in [0.2, 0.25) is 0 Å². The van der Waals surface area contributed by atoms with E-state index in [0.717, 1.165) is 25.6 Å². The average molecular weight is 218 g/mol. The Morgan fingerprint density at radius 1 is 1.86 bits per heavy atom. The fraction of sp³-hybridized carbons (Fsp3) is 0.750. The molecule has 0 aromatic rings. The summed E-state index contributed by atoms with van der Waals surface area (Å²) in [6.45, 7) is 1.46. The lowest BCUT2D eigenvalue weighted by atomic mass is 10.2. The van der Waals surface area contributed by atoms with Crippen molar-refractivity contribution < 1.29 is 9.66 Å². The highest BCUT2D eigenvalue weighted by molar-refractivity contribution is 8.02. The lowest BCUT2D eigenvalue weighted by Crippen LogP contribution is -2.25. The Morgan fingerprint density at radius 2 is 2.64 bits per heavy atom. The molecule has 1 fully saturated rings. The quantitative estimate of drug-likeness (QED) is 0.554. The van der Waals surface area contributed by atoms with Crippen LogP contribution in [-0.2, 0) is 4.74 Å². The topological polar surface area (TPSA) is 64.4 Å². The molecule has 0 aromatic carbocycles. The highest BCUT2D eigenvalue weighted by atomic mass is 32.2. The van der Waals surface area contributed by atoms with Crippen molar-refractivity contribution >= 4 is 11.8 Å². The van der Waals surface area contributed by atoms with Gasteiger partial charge in [0.15, 0.2) is 0 Å². The van der Waals surface area contributed by atoms with E-state index < -0.39 is 4.92 Å². The number of rotatable bonds is 5. The molecule has 1 aliphatic heterocycles. The molecule has 0 amide bonds. The SMILES string of the molecule is CS/C(=C\[N+](=O)[O-])NC[C@@H]1CCCO1. The molecule has 1 saturated heterocycles. The van der Waals surface area contributed by atoms with Gasteiger partial charge in [0.1, 0.15) is 5.03 Å². The van der Waals surface area contributed by atoms with Crippen LogP contribution in [0.15, 0.2) is 11.2 Å². The van der Waals surface area contributed by atoms with Gasteiger partial charge in [0, 0.05) is 13.2 Å². The fourth-order valence-electron chi connectivity index (χ4n) is 1.29. The summed E-state index contributed by atoms with van der Waals surface area (Å²) in [5.74, 6) is 0. The van der Waals surface area contributed by atoms with Gasteiger partial charge in [-0.1, -0.05) is 0 Å². The molecule has 0 unspecified atom stereocenters. The number of nitrogens with one attached hydrogen (secondary N) is 1. The fourth-order valence-corrected chi connectivity index (χ4v) is 1.71. The zero-order valence-electron chi connectivity index (χ0n) is 8.06. The van der Waals surface area contributed by atoms with Crippen LogP contribution in [-0.4, -0.2) is 30.4 Å². The molecule has 80 valence electrons. The lowest BCUT2D eigenvalue weighted by molar-refractivity contribution is -0.403. The Labute approximate surface area is 87.0 Å². The Hall–Kier alpha value is -0.750. The summed E-state index contributed by atoms with van der Waals surface area (Å²) in [6, 6.07) is 0. The van der Waals surface area contributed by atoms with Gasteiger partial charge >= 0.3 is 0 Å². The third-order valence-corrected chi connectivity index (χ3v) is 2.66. The number of nitro groups is 1. The maximum Gasteiger partial charge on any atom is 0.263 e. The summed E-state index contributed by atoms with van der Waals surface area (Å²) in [5, 5.41) is 13.8. The minimum atomic E-state index is -0.450. The van der Waals surface area contributed by atoms with Crippen LogP contribution in [0.25, 0.3) is 0 Å². The molecule has 14 heavy (non-hydrogen) atoms. The maximum atomic E-state index is 10.2. The first-order chi connectivity index (χ1) is 6.72. The number of nitrogens with zero attached hydrogens (tertiary/aromatic N) is 1. The van der Waals surface area contributed by atoms with Crippen molar-refractivity contribution in [3.05, 3.63) is 21.3 Å². The first kappa shape index (κ1) is 11.3. The second kappa shape index (κ2) is 5.87. The number of hydrogen-bond acceptors (Lipinski definition) is 5. The van der Waals surface area contributed by atoms with Crippen molar-refractivity contribution in [1.82, 2.24) is 5.32 Å². The Morgan fingerprint density at radius 3 is 3.14 bits per heavy atom. The van der Waals surface area contributed by atoms with Gasteiger partial charge in [-0.25, -0.2) is 0 Å². The van der Waals surface area contributed by atoms with Crippen LogP contribution in [0.5, 0.6) is 0 Å². The predicted octanol–water partition coefficient (Wildman–Crippen LogP) is 1.19. The summed E-state index contributed by atoms with van der Waals surface area (Å²) in [6.07, 6.45) is 5.11. The summed E-state index contributed by atoms with van der Waals surface area (Å²) in [4.78, 5) is 9.76. The Bertz CT molecular complexity index is 227. The minimum absolute atomic E-state index is 0.206. The van der Waals surface area contributed by atoms with E-state index in [-0.39, 0.29) is 6.10 Å². The molecule has 0 saturated carbocycles. The average Bonchev–Trinajstić information content (AvgIpc) is 2.64. The molecular weight excluding hydrogens is 204 g/mol. The second-order valence-electron chi connectivity index (χ2n) is 3.00. The second-order valence-corrected chi connectivity index (χ2v) is 3.85. The standard InChI is InChI=1S/C8H14N2O3S/c1-14-8(6-10(11)12)9-5-7-3-2-4-13-7/h6-7,9H,2-5H2,1H3/b8-6-/t7-/m0/s1. The van der Waals surface area contributed by atoms with Gasteiger partial charge in [0.25, 0.3) is 6.20 Å². The van der Waals surface area contributed by atoms with Gasteiger partial charge in [-0.05, 0) is 19.1 Å². The van der Waals surface area contributed by atoms with E-state index >= 15 is 0 Å². The van der Waals surface area contributed by atoms with E-state index in [2.05, 4.69) is 5.32 Å². The summed E-state index contributed by atoms with van der Waals surface area (Å²) >= 11 is 1.33.